The Morgan fingerprint density at radius 2 is 1.68 bits per heavy atom. The number of fused-ring (bicyclic) bond motifs is 1. The van der Waals surface area contributed by atoms with E-state index in [2.05, 4.69) is 16.4 Å². The molecule has 4 saturated carbocycles. The Labute approximate surface area is 115 Å². The molecule has 0 atom stereocenters. The summed E-state index contributed by atoms with van der Waals surface area (Å²) >= 11 is 0. The second-order valence-corrected chi connectivity index (χ2v) is 7.61. The molecule has 2 heterocycles. The molecule has 2 N–H and O–H groups in total. The molecule has 0 unspecified atom stereocenters. The fourth-order valence-corrected chi connectivity index (χ4v) is 6.00. The Bertz CT molecular complexity index is 450. The molecule has 4 bridgehead atoms. The number of aromatic amines is 1. The van der Waals surface area contributed by atoms with Gasteiger partial charge in [-0.25, -0.2) is 0 Å². The fourth-order valence-electron chi connectivity index (χ4n) is 6.00. The fraction of sp³-hybridized carbons (Fsp3) is 0.765. The zero-order valence-electron chi connectivity index (χ0n) is 11.6. The third-order valence-corrected chi connectivity index (χ3v) is 6.47. The molecule has 0 radical (unpaired) electrons. The van der Waals surface area contributed by atoms with Crippen LogP contribution in [0.15, 0.2) is 6.07 Å². The largest absolute Gasteiger partial charge is 0.361 e. The first kappa shape index (κ1) is 11.0. The van der Waals surface area contributed by atoms with Crippen molar-refractivity contribution >= 4 is 0 Å². The molecule has 0 spiro atoms. The van der Waals surface area contributed by atoms with Crippen LogP contribution >= 0.6 is 0 Å². The van der Waals surface area contributed by atoms with Crippen molar-refractivity contribution in [2.75, 3.05) is 6.54 Å². The van der Waals surface area contributed by atoms with Gasteiger partial charge in [0, 0.05) is 23.9 Å². The van der Waals surface area contributed by atoms with Crippen molar-refractivity contribution in [1.82, 2.24) is 10.3 Å². The molecule has 4 aliphatic carbocycles. The quantitative estimate of drug-likeness (QED) is 0.793. The summed E-state index contributed by atoms with van der Waals surface area (Å²) in [6, 6.07) is 2.53. The lowest BCUT2D eigenvalue weighted by molar-refractivity contribution is -0.00402. The maximum atomic E-state index is 3.80. The van der Waals surface area contributed by atoms with Gasteiger partial charge in [0.15, 0.2) is 0 Å². The van der Waals surface area contributed by atoms with Crippen LogP contribution in [0.3, 0.4) is 0 Å². The highest BCUT2D eigenvalue weighted by Gasteiger charge is 2.49. The minimum absolute atomic E-state index is 0.874. The van der Waals surface area contributed by atoms with Gasteiger partial charge in [0.25, 0.3) is 0 Å². The highest BCUT2D eigenvalue weighted by Crippen LogP contribution is 2.59. The van der Waals surface area contributed by atoms with Gasteiger partial charge in [-0.1, -0.05) is 0 Å². The molecular formula is C17H24N2. The van der Waals surface area contributed by atoms with Gasteiger partial charge >= 0.3 is 0 Å². The van der Waals surface area contributed by atoms with E-state index in [1.807, 2.05) is 0 Å². The Morgan fingerprint density at radius 3 is 2.37 bits per heavy atom. The predicted molar refractivity (Wildman–Crippen MR) is 76.0 cm³/mol. The van der Waals surface area contributed by atoms with E-state index < -0.39 is 0 Å². The number of nitrogens with one attached hydrogen (secondary N) is 2. The van der Waals surface area contributed by atoms with Crippen molar-refractivity contribution in [3.8, 4) is 0 Å². The summed E-state index contributed by atoms with van der Waals surface area (Å²) in [5.41, 5.74) is 4.68. The average Bonchev–Trinajstić information content (AvgIpc) is 2.80. The first-order valence-corrected chi connectivity index (χ1v) is 8.28. The Balaban J connectivity index is 1.50. The van der Waals surface area contributed by atoms with Crippen LogP contribution in [0.2, 0.25) is 0 Å². The van der Waals surface area contributed by atoms with Gasteiger partial charge in [-0.15, -0.1) is 0 Å². The summed E-state index contributed by atoms with van der Waals surface area (Å²) in [6.07, 6.45) is 8.89. The van der Waals surface area contributed by atoms with Gasteiger partial charge < -0.3 is 10.3 Å². The van der Waals surface area contributed by atoms with Crippen LogP contribution in [-0.2, 0) is 13.0 Å². The van der Waals surface area contributed by atoms with E-state index in [1.165, 1.54) is 37.8 Å². The Kier molecular flexibility index (Phi) is 2.24. The normalized spacial score (nSPS) is 43.5. The topological polar surface area (TPSA) is 27.8 Å². The van der Waals surface area contributed by atoms with Crippen LogP contribution < -0.4 is 5.32 Å². The summed E-state index contributed by atoms with van der Waals surface area (Å²) in [6.45, 7) is 2.22. The van der Waals surface area contributed by atoms with Crippen molar-refractivity contribution in [3.05, 3.63) is 23.0 Å². The highest BCUT2D eigenvalue weighted by atomic mass is 14.9. The Hall–Kier alpha value is -0.760. The van der Waals surface area contributed by atoms with E-state index in [-0.39, 0.29) is 0 Å². The maximum absolute atomic E-state index is 3.80. The minimum Gasteiger partial charge on any atom is -0.361 e. The van der Waals surface area contributed by atoms with Crippen molar-refractivity contribution in [3.63, 3.8) is 0 Å². The summed E-state index contributed by atoms with van der Waals surface area (Å²) in [4.78, 5) is 3.80. The van der Waals surface area contributed by atoms with E-state index in [0.29, 0.717) is 0 Å². The molecule has 0 amide bonds. The van der Waals surface area contributed by atoms with E-state index in [4.69, 9.17) is 0 Å². The van der Waals surface area contributed by atoms with Crippen LogP contribution in [-0.4, -0.2) is 11.5 Å². The smallest absolute Gasteiger partial charge is 0.0360 e. The molecule has 5 aliphatic rings. The van der Waals surface area contributed by atoms with Crippen LogP contribution in [0.25, 0.3) is 0 Å². The van der Waals surface area contributed by atoms with Crippen molar-refractivity contribution in [2.45, 2.75) is 51.0 Å². The van der Waals surface area contributed by atoms with Crippen molar-refractivity contribution in [2.24, 2.45) is 23.7 Å². The lowest BCUT2D eigenvalue weighted by Gasteiger charge is -2.54. The SMILES string of the molecule is c1c(C2C3CC4CC(C3)CC2C4)[nH]c2c1CCNC2. The molecular weight excluding hydrogens is 232 g/mol. The van der Waals surface area contributed by atoms with E-state index in [9.17, 15) is 0 Å². The molecule has 102 valence electrons. The van der Waals surface area contributed by atoms with Gasteiger partial charge in [-0.2, -0.15) is 0 Å². The summed E-state index contributed by atoms with van der Waals surface area (Å²) in [5.74, 6) is 5.06. The van der Waals surface area contributed by atoms with E-state index in [0.717, 1.165) is 42.7 Å². The van der Waals surface area contributed by atoms with Crippen LogP contribution in [0.5, 0.6) is 0 Å². The molecule has 1 aromatic rings. The van der Waals surface area contributed by atoms with Gasteiger partial charge in [0.05, 0.1) is 0 Å². The predicted octanol–water partition coefficient (Wildman–Crippen LogP) is 3.20. The van der Waals surface area contributed by atoms with E-state index in [1.54, 1.807) is 17.7 Å². The Morgan fingerprint density at radius 1 is 0.947 bits per heavy atom. The first-order valence-electron chi connectivity index (χ1n) is 8.28. The summed E-state index contributed by atoms with van der Waals surface area (Å²) in [7, 11) is 0. The first-order chi connectivity index (χ1) is 9.37. The van der Waals surface area contributed by atoms with Gasteiger partial charge in [-0.3, -0.25) is 0 Å². The average molecular weight is 256 g/mol. The summed E-state index contributed by atoms with van der Waals surface area (Å²) in [5, 5.41) is 3.49. The van der Waals surface area contributed by atoms with Gasteiger partial charge in [0.1, 0.15) is 0 Å². The molecule has 19 heavy (non-hydrogen) atoms. The second-order valence-electron chi connectivity index (χ2n) is 7.61. The maximum Gasteiger partial charge on any atom is 0.0360 e. The summed E-state index contributed by atoms with van der Waals surface area (Å²) < 4.78 is 0. The number of hydrogen-bond acceptors (Lipinski definition) is 1. The van der Waals surface area contributed by atoms with E-state index >= 15 is 0 Å². The van der Waals surface area contributed by atoms with Crippen LogP contribution in [0, 0.1) is 23.7 Å². The molecule has 1 aromatic heterocycles. The van der Waals surface area contributed by atoms with Crippen LogP contribution in [0.1, 0.15) is 55.0 Å². The molecule has 2 nitrogen and oxygen atoms in total. The zero-order chi connectivity index (χ0) is 12.4. The molecule has 2 heteroatoms. The second kappa shape index (κ2) is 3.88. The van der Waals surface area contributed by atoms with Crippen molar-refractivity contribution < 1.29 is 0 Å². The molecule has 4 fully saturated rings. The zero-order valence-corrected chi connectivity index (χ0v) is 11.6. The number of rotatable bonds is 1. The number of hydrogen-bond donors (Lipinski definition) is 2. The number of aromatic nitrogens is 1. The standard InChI is InChI=1S/C17H24N2/c1-2-18-9-16-12(1)8-15(19-16)17-13-4-10-3-11(6-13)7-14(17)5-10/h8,10-11,13-14,17-19H,1-7,9H2. The van der Waals surface area contributed by atoms with Gasteiger partial charge in [0.2, 0.25) is 0 Å². The lowest BCUT2D eigenvalue weighted by atomic mass is 9.51. The third-order valence-electron chi connectivity index (χ3n) is 6.47. The highest BCUT2D eigenvalue weighted by molar-refractivity contribution is 5.31. The third kappa shape index (κ3) is 1.59. The molecule has 0 aromatic carbocycles. The number of H-pyrrole nitrogens is 1. The lowest BCUT2D eigenvalue weighted by Crippen LogP contribution is -2.43. The molecule has 1 aliphatic heterocycles. The monoisotopic (exact) mass is 256 g/mol. The van der Waals surface area contributed by atoms with Crippen LogP contribution in [0.4, 0.5) is 0 Å². The van der Waals surface area contributed by atoms with Crippen molar-refractivity contribution in [1.29, 1.82) is 0 Å². The molecule has 0 saturated heterocycles. The van der Waals surface area contributed by atoms with Gasteiger partial charge in [-0.05, 0) is 80.4 Å². The minimum atomic E-state index is 0.874. The molecule has 6 rings (SSSR count).